The van der Waals surface area contributed by atoms with Crippen molar-refractivity contribution in [2.45, 2.75) is 58.8 Å². The molecule has 0 aliphatic carbocycles. The summed E-state index contributed by atoms with van der Waals surface area (Å²) in [7, 11) is 1.24. The van der Waals surface area contributed by atoms with Gasteiger partial charge in [0.1, 0.15) is 7.28 Å². The zero-order valence-electron chi connectivity index (χ0n) is 12.4. The molecule has 0 aromatic heterocycles. The highest BCUT2D eigenvalue weighted by Crippen LogP contribution is 2.57. The van der Waals surface area contributed by atoms with Gasteiger partial charge in [-0.2, -0.15) is 0 Å². The maximum atomic E-state index is 9.39. The van der Waals surface area contributed by atoms with Gasteiger partial charge >= 0.3 is 0 Å². The highest BCUT2D eigenvalue weighted by Gasteiger charge is 2.47. The molecule has 0 bridgehead atoms. The Morgan fingerprint density at radius 1 is 1.28 bits per heavy atom. The molecule has 1 fully saturated rings. The van der Waals surface area contributed by atoms with Crippen molar-refractivity contribution in [2.75, 3.05) is 0 Å². The van der Waals surface area contributed by atoms with Crippen molar-refractivity contribution in [2.24, 2.45) is 5.41 Å². The van der Waals surface area contributed by atoms with Crippen molar-refractivity contribution in [1.29, 1.82) is 0 Å². The van der Waals surface area contributed by atoms with E-state index in [9.17, 15) is 5.11 Å². The lowest BCUT2D eigenvalue weighted by molar-refractivity contribution is 0.271. The predicted molar refractivity (Wildman–Crippen MR) is 79.4 cm³/mol. The van der Waals surface area contributed by atoms with Gasteiger partial charge in [0, 0.05) is 0 Å². The molecule has 1 nitrogen and oxygen atoms in total. The topological polar surface area (TPSA) is 20.2 Å². The Kier molecular flexibility index (Phi) is 3.35. The van der Waals surface area contributed by atoms with Crippen molar-refractivity contribution in [3.05, 3.63) is 34.9 Å². The summed E-state index contributed by atoms with van der Waals surface area (Å²) in [6.45, 7) is 11.8. The molecule has 0 spiro atoms. The Balaban J connectivity index is 2.30. The molecule has 1 heterocycles. The van der Waals surface area contributed by atoms with Crippen LogP contribution in [-0.2, 0) is 6.61 Å². The molecule has 1 N–H and O–H groups in total. The van der Waals surface area contributed by atoms with Crippen LogP contribution in [0.3, 0.4) is 0 Å². The quantitative estimate of drug-likeness (QED) is 0.788. The van der Waals surface area contributed by atoms with E-state index in [1.54, 1.807) is 0 Å². The van der Waals surface area contributed by atoms with Crippen LogP contribution in [0.2, 0.25) is 5.31 Å². The van der Waals surface area contributed by atoms with Gasteiger partial charge in [-0.25, -0.2) is 0 Å². The minimum absolute atomic E-state index is 0.152. The number of aryl methyl sites for hydroxylation is 1. The van der Waals surface area contributed by atoms with Gasteiger partial charge in [0.15, 0.2) is 0 Å². The maximum Gasteiger partial charge on any atom is 0.137 e. The molecule has 1 aromatic carbocycles. The standard InChI is InChI=1S/C16H25BO/c1-11-6-7-12(8-13(11)10-18)14-9-15(2,3)16(4,5)17-14/h6-8,14,17-18H,9-10H2,1-5H3. The lowest BCUT2D eigenvalue weighted by atomic mass is 9.47. The lowest BCUT2D eigenvalue weighted by Gasteiger charge is -2.34. The first kappa shape index (κ1) is 13.7. The Bertz CT molecular complexity index is 432. The third kappa shape index (κ3) is 2.23. The normalized spacial score (nSPS) is 24.9. The van der Waals surface area contributed by atoms with Gasteiger partial charge in [0.25, 0.3) is 0 Å². The molecule has 0 radical (unpaired) electrons. The highest BCUT2D eigenvalue weighted by molar-refractivity contribution is 6.43. The molecule has 1 aliphatic rings. The minimum Gasteiger partial charge on any atom is -0.392 e. The Labute approximate surface area is 112 Å². The molecule has 1 aliphatic heterocycles. The molecule has 2 rings (SSSR count). The van der Waals surface area contributed by atoms with E-state index in [-0.39, 0.29) is 6.61 Å². The van der Waals surface area contributed by atoms with Crippen molar-refractivity contribution < 1.29 is 5.11 Å². The summed E-state index contributed by atoms with van der Waals surface area (Å²) in [5, 5.41) is 9.78. The van der Waals surface area contributed by atoms with Crippen LogP contribution in [-0.4, -0.2) is 12.4 Å². The summed E-state index contributed by atoms with van der Waals surface area (Å²) in [4.78, 5) is 0. The first-order valence-corrected chi connectivity index (χ1v) is 6.97. The molecule has 1 saturated heterocycles. The van der Waals surface area contributed by atoms with E-state index < -0.39 is 0 Å². The SMILES string of the molecule is Cc1ccc(C2BC(C)(C)C(C)(C)C2)cc1CO. The first-order valence-electron chi connectivity index (χ1n) is 6.97. The van der Waals surface area contributed by atoms with Crippen LogP contribution in [0.15, 0.2) is 18.2 Å². The smallest absolute Gasteiger partial charge is 0.137 e. The fourth-order valence-electron chi connectivity index (χ4n) is 3.21. The van der Waals surface area contributed by atoms with Crippen LogP contribution in [0.5, 0.6) is 0 Å². The largest absolute Gasteiger partial charge is 0.392 e. The second kappa shape index (κ2) is 4.41. The van der Waals surface area contributed by atoms with Gasteiger partial charge in [0.2, 0.25) is 0 Å². The molecule has 0 amide bonds. The summed E-state index contributed by atoms with van der Waals surface area (Å²) in [5.41, 5.74) is 4.07. The van der Waals surface area contributed by atoms with Gasteiger partial charge in [-0.3, -0.25) is 0 Å². The first-order chi connectivity index (χ1) is 8.27. The average Bonchev–Trinajstić information content (AvgIpc) is 2.49. The molecule has 98 valence electrons. The van der Waals surface area contributed by atoms with E-state index in [0.29, 0.717) is 16.5 Å². The number of hydrogen-bond donors (Lipinski definition) is 1. The minimum atomic E-state index is 0.152. The van der Waals surface area contributed by atoms with Crippen LogP contribution < -0.4 is 0 Å². The predicted octanol–water partition coefficient (Wildman–Crippen LogP) is 3.59. The molecule has 2 heteroatoms. The van der Waals surface area contributed by atoms with Gasteiger partial charge in [-0.1, -0.05) is 56.8 Å². The third-order valence-corrected chi connectivity index (χ3v) is 5.36. The summed E-state index contributed by atoms with van der Waals surface area (Å²) >= 11 is 0. The Hall–Kier alpha value is -0.755. The number of hydrogen-bond acceptors (Lipinski definition) is 1. The monoisotopic (exact) mass is 244 g/mol. The summed E-state index contributed by atoms with van der Waals surface area (Å²) in [5.74, 6) is 0.640. The summed E-state index contributed by atoms with van der Waals surface area (Å²) in [6.07, 6.45) is 1.24. The average molecular weight is 244 g/mol. The van der Waals surface area contributed by atoms with Gasteiger partial charge in [0.05, 0.1) is 6.61 Å². The second-order valence-corrected chi connectivity index (χ2v) is 7.22. The fraction of sp³-hybridized carbons (Fsp3) is 0.625. The van der Waals surface area contributed by atoms with E-state index in [2.05, 4.69) is 52.8 Å². The van der Waals surface area contributed by atoms with E-state index >= 15 is 0 Å². The van der Waals surface area contributed by atoms with Gasteiger partial charge in [-0.15, -0.1) is 0 Å². The molecule has 1 aromatic rings. The van der Waals surface area contributed by atoms with Crippen LogP contribution in [0.25, 0.3) is 0 Å². The number of aliphatic hydroxyl groups excluding tert-OH is 1. The van der Waals surface area contributed by atoms with Crippen LogP contribution in [0.1, 0.15) is 56.6 Å². The maximum absolute atomic E-state index is 9.39. The second-order valence-electron chi connectivity index (χ2n) is 7.22. The van der Waals surface area contributed by atoms with Crippen molar-refractivity contribution in [3.63, 3.8) is 0 Å². The Morgan fingerprint density at radius 2 is 1.94 bits per heavy atom. The van der Waals surface area contributed by atoms with Crippen LogP contribution >= 0.6 is 0 Å². The summed E-state index contributed by atoms with van der Waals surface area (Å²) < 4.78 is 0. The zero-order valence-corrected chi connectivity index (χ0v) is 12.4. The van der Waals surface area contributed by atoms with E-state index in [0.717, 1.165) is 5.56 Å². The number of benzene rings is 1. The van der Waals surface area contributed by atoms with Gasteiger partial charge in [-0.05, 0) is 35.7 Å². The molecule has 0 saturated carbocycles. The van der Waals surface area contributed by atoms with Crippen LogP contribution in [0, 0.1) is 12.3 Å². The van der Waals surface area contributed by atoms with Crippen LogP contribution in [0.4, 0.5) is 0 Å². The molecular formula is C16H25BO. The number of rotatable bonds is 2. The van der Waals surface area contributed by atoms with Crippen molar-refractivity contribution >= 4 is 7.28 Å². The van der Waals surface area contributed by atoms with Gasteiger partial charge < -0.3 is 5.11 Å². The molecular weight excluding hydrogens is 219 g/mol. The van der Waals surface area contributed by atoms with E-state index in [1.807, 2.05) is 0 Å². The number of aliphatic hydroxyl groups is 1. The highest BCUT2D eigenvalue weighted by atomic mass is 16.3. The molecule has 1 unspecified atom stereocenters. The summed E-state index contributed by atoms with van der Waals surface area (Å²) in [6, 6.07) is 6.60. The third-order valence-electron chi connectivity index (χ3n) is 5.36. The molecule has 18 heavy (non-hydrogen) atoms. The van der Waals surface area contributed by atoms with Crippen molar-refractivity contribution in [1.82, 2.24) is 0 Å². The fourth-order valence-corrected chi connectivity index (χ4v) is 3.21. The molecule has 1 atom stereocenters. The zero-order chi connectivity index (χ0) is 13.6. The van der Waals surface area contributed by atoms with Crippen molar-refractivity contribution in [3.8, 4) is 0 Å². The van der Waals surface area contributed by atoms with E-state index in [1.165, 1.54) is 24.8 Å². The van der Waals surface area contributed by atoms with E-state index in [4.69, 9.17) is 0 Å². The lowest BCUT2D eigenvalue weighted by Crippen LogP contribution is -2.23. The Morgan fingerprint density at radius 3 is 2.44 bits per heavy atom.